The minimum absolute atomic E-state index is 0.0978. The van der Waals surface area contributed by atoms with Gasteiger partial charge in [0.05, 0.1) is 19.1 Å². The Hall–Kier alpha value is -1.92. The molecule has 76 valence electrons. The molecule has 0 saturated carbocycles. The predicted molar refractivity (Wildman–Crippen MR) is 46.5 cm³/mol. The molecular weight excluding hydrogens is 190 g/mol. The monoisotopic (exact) mass is 199 g/mol. The van der Waals surface area contributed by atoms with E-state index in [4.69, 9.17) is 9.47 Å². The molecular formula is C7H9N3O4. The molecule has 0 radical (unpaired) electrons. The van der Waals surface area contributed by atoms with Gasteiger partial charge in [-0.3, -0.25) is 10.1 Å². The summed E-state index contributed by atoms with van der Waals surface area (Å²) in [6.07, 6.45) is 0. The first-order chi connectivity index (χ1) is 6.60. The van der Waals surface area contributed by atoms with Gasteiger partial charge in [0.2, 0.25) is 0 Å². The first kappa shape index (κ1) is 10.2. The largest absolute Gasteiger partial charge is 0.476 e. The molecule has 1 heterocycles. The van der Waals surface area contributed by atoms with Crippen molar-refractivity contribution in [3.8, 4) is 11.8 Å². The van der Waals surface area contributed by atoms with Crippen LogP contribution in [0.5, 0.6) is 11.8 Å². The van der Waals surface area contributed by atoms with Crippen molar-refractivity contribution < 1.29 is 14.4 Å². The lowest BCUT2D eigenvalue weighted by Gasteiger charge is -2.04. The Bertz CT molecular complexity index is 341. The van der Waals surface area contributed by atoms with Gasteiger partial charge in [0.25, 0.3) is 0 Å². The number of nitro groups is 1. The second-order valence-electron chi connectivity index (χ2n) is 2.40. The maximum atomic E-state index is 10.6. The Morgan fingerprint density at radius 2 is 1.64 bits per heavy atom. The zero-order valence-electron chi connectivity index (χ0n) is 7.97. The van der Waals surface area contributed by atoms with E-state index in [9.17, 15) is 10.1 Å². The van der Waals surface area contributed by atoms with Gasteiger partial charge in [-0.05, 0) is 6.92 Å². The minimum atomic E-state index is -0.642. The average Bonchev–Trinajstić information content (AvgIpc) is 2.15. The van der Waals surface area contributed by atoms with E-state index in [0.29, 0.717) is 5.82 Å². The second-order valence-corrected chi connectivity index (χ2v) is 2.40. The minimum Gasteiger partial charge on any atom is -0.476 e. The lowest BCUT2D eigenvalue weighted by molar-refractivity contribution is -0.387. The molecule has 0 aliphatic rings. The van der Waals surface area contributed by atoms with Gasteiger partial charge < -0.3 is 9.47 Å². The molecule has 0 N–H and O–H groups in total. The van der Waals surface area contributed by atoms with Crippen molar-refractivity contribution in [2.45, 2.75) is 6.92 Å². The van der Waals surface area contributed by atoms with Crippen LogP contribution in [0.25, 0.3) is 0 Å². The lowest BCUT2D eigenvalue weighted by Crippen LogP contribution is -2.03. The van der Waals surface area contributed by atoms with Crippen molar-refractivity contribution in [3.05, 3.63) is 15.9 Å². The fraction of sp³-hybridized carbons (Fsp3) is 0.429. The number of ether oxygens (including phenoxy) is 2. The molecule has 7 heteroatoms. The van der Waals surface area contributed by atoms with Crippen LogP contribution in [0.4, 0.5) is 5.69 Å². The molecule has 1 aromatic heterocycles. The third kappa shape index (κ3) is 1.70. The quantitative estimate of drug-likeness (QED) is 0.526. The summed E-state index contributed by atoms with van der Waals surface area (Å²) < 4.78 is 9.51. The molecule has 14 heavy (non-hydrogen) atoms. The summed E-state index contributed by atoms with van der Waals surface area (Å²) in [5.41, 5.74) is -0.361. The Labute approximate surface area is 79.8 Å². The van der Waals surface area contributed by atoms with Crippen LogP contribution in [0.15, 0.2) is 0 Å². The molecule has 0 unspecified atom stereocenters. The molecule has 0 aliphatic carbocycles. The van der Waals surface area contributed by atoms with E-state index in [0.717, 1.165) is 0 Å². The third-order valence-corrected chi connectivity index (χ3v) is 1.50. The highest BCUT2D eigenvalue weighted by Crippen LogP contribution is 2.32. The summed E-state index contributed by atoms with van der Waals surface area (Å²) in [5, 5.41) is 10.6. The van der Waals surface area contributed by atoms with E-state index in [2.05, 4.69) is 9.97 Å². The summed E-state index contributed by atoms with van der Waals surface area (Å²) >= 11 is 0. The van der Waals surface area contributed by atoms with Crippen molar-refractivity contribution in [2.24, 2.45) is 0 Å². The molecule has 0 aromatic carbocycles. The summed E-state index contributed by atoms with van der Waals surface area (Å²) in [6.45, 7) is 1.59. The summed E-state index contributed by atoms with van der Waals surface area (Å²) in [6, 6.07) is 0. The zero-order chi connectivity index (χ0) is 10.7. The van der Waals surface area contributed by atoms with Gasteiger partial charge in [-0.15, -0.1) is 0 Å². The molecule has 7 nitrogen and oxygen atoms in total. The highest BCUT2D eigenvalue weighted by atomic mass is 16.6. The zero-order valence-corrected chi connectivity index (χ0v) is 7.97. The normalized spacial score (nSPS) is 9.64. The number of rotatable bonds is 3. The van der Waals surface area contributed by atoms with Crippen molar-refractivity contribution in [1.29, 1.82) is 0 Å². The average molecular weight is 199 g/mol. The molecule has 0 aliphatic heterocycles. The topological polar surface area (TPSA) is 87.4 Å². The van der Waals surface area contributed by atoms with Crippen LogP contribution in [0.1, 0.15) is 5.82 Å². The Kier molecular flexibility index (Phi) is 2.80. The Morgan fingerprint density at radius 3 is 1.93 bits per heavy atom. The Morgan fingerprint density at radius 1 is 1.21 bits per heavy atom. The van der Waals surface area contributed by atoms with Crippen molar-refractivity contribution in [2.75, 3.05) is 14.2 Å². The van der Waals surface area contributed by atoms with Gasteiger partial charge in [-0.1, -0.05) is 0 Å². The van der Waals surface area contributed by atoms with Gasteiger partial charge in [0.15, 0.2) is 0 Å². The number of aromatic nitrogens is 2. The number of nitrogens with zero attached hydrogens (tertiary/aromatic N) is 3. The first-order valence-electron chi connectivity index (χ1n) is 3.71. The third-order valence-electron chi connectivity index (χ3n) is 1.50. The fourth-order valence-electron chi connectivity index (χ4n) is 0.957. The van der Waals surface area contributed by atoms with Crippen LogP contribution in [0.3, 0.4) is 0 Å². The van der Waals surface area contributed by atoms with E-state index in [-0.39, 0.29) is 17.4 Å². The standard InChI is InChI=1S/C7H9N3O4/c1-4-8-6(13-2)5(10(11)12)7(9-4)14-3/h1-3H3. The van der Waals surface area contributed by atoms with Crippen LogP contribution in [0, 0.1) is 17.0 Å². The lowest BCUT2D eigenvalue weighted by atomic mass is 10.4. The number of aryl methyl sites for hydroxylation is 1. The Balaban J connectivity index is 3.40. The summed E-state index contributed by atoms with van der Waals surface area (Å²) in [7, 11) is 2.60. The second kappa shape index (κ2) is 3.86. The van der Waals surface area contributed by atoms with Gasteiger partial charge in [0.1, 0.15) is 5.82 Å². The number of methoxy groups -OCH3 is 2. The van der Waals surface area contributed by atoms with Gasteiger partial charge in [-0.2, -0.15) is 9.97 Å². The SMILES string of the molecule is COc1nc(C)nc(OC)c1[N+](=O)[O-]. The van der Waals surface area contributed by atoms with Crippen LogP contribution in [-0.4, -0.2) is 29.1 Å². The highest BCUT2D eigenvalue weighted by Gasteiger charge is 2.25. The van der Waals surface area contributed by atoms with Gasteiger partial charge in [-0.25, -0.2) is 0 Å². The van der Waals surface area contributed by atoms with E-state index in [1.165, 1.54) is 14.2 Å². The van der Waals surface area contributed by atoms with Crippen LogP contribution >= 0.6 is 0 Å². The molecule has 0 atom stereocenters. The molecule has 0 fully saturated rings. The van der Waals surface area contributed by atoms with Crippen LogP contribution < -0.4 is 9.47 Å². The van der Waals surface area contributed by atoms with E-state index >= 15 is 0 Å². The predicted octanol–water partition coefficient (Wildman–Crippen LogP) is 0.710. The number of hydrogen-bond acceptors (Lipinski definition) is 6. The van der Waals surface area contributed by atoms with E-state index in [1.807, 2.05) is 0 Å². The molecule has 0 spiro atoms. The number of hydrogen-bond donors (Lipinski definition) is 0. The van der Waals surface area contributed by atoms with Crippen LogP contribution in [-0.2, 0) is 0 Å². The summed E-state index contributed by atoms with van der Waals surface area (Å²) in [4.78, 5) is 17.5. The first-order valence-corrected chi connectivity index (χ1v) is 3.71. The molecule has 0 saturated heterocycles. The molecule has 1 rings (SSSR count). The van der Waals surface area contributed by atoms with E-state index < -0.39 is 4.92 Å². The maximum Gasteiger partial charge on any atom is 0.392 e. The van der Waals surface area contributed by atoms with Crippen LogP contribution in [0.2, 0.25) is 0 Å². The highest BCUT2D eigenvalue weighted by molar-refractivity contribution is 5.49. The summed E-state index contributed by atoms with van der Waals surface area (Å²) in [5.74, 6) is 0.156. The van der Waals surface area contributed by atoms with Crippen molar-refractivity contribution in [1.82, 2.24) is 9.97 Å². The van der Waals surface area contributed by atoms with Gasteiger partial charge in [0, 0.05) is 0 Å². The molecule has 1 aromatic rings. The fourth-order valence-corrected chi connectivity index (χ4v) is 0.957. The van der Waals surface area contributed by atoms with Gasteiger partial charge >= 0.3 is 17.4 Å². The molecule has 0 bridgehead atoms. The maximum absolute atomic E-state index is 10.6. The van der Waals surface area contributed by atoms with E-state index in [1.54, 1.807) is 6.92 Å². The van der Waals surface area contributed by atoms with Crippen molar-refractivity contribution >= 4 is 5.69 Å². The smallest absolute Gasteiger partial charge is 0.392 e. The molecule has 0 amide bonds. The van der Waals surface area contributed by atoms with Crippen molar-refractivity contribution in [3.63, 3.8) is 0 Å².